The molecule has 0 aromatic carbocycles. The Hall–Kier alpha value is -1.40. The minimum absolute atomic E-state index is 0.175. The van der Waals surface area contributed by atoms with Crippen molar-refractivity contribution in [3.63, 3.8) is 0 Å². The van der Waals surface area contributed by atoms with Crippen LogP contribution in [0.3, 0.4) is 0 Å². The van der Waals surface area contributed by atoms with Gasteiger partial charge in [0.15, 0.2) is 0 Å². The third-order valence-corrected chi connectivity index (χ3v) is 5.07. The molecule has 0 aliphatic carbocycles. The van der Waals surface area contributed by atoms with Gasteiger partial charge in [-0.3, -0.25) is 14.6 Å². The molecular formula is C16H27N5O. The first-order valence-electron chi connectivity index (χ1n) is 8.33. The third kappa shape index (κ3) is 3.50. The lowest BCUT2D eigenvalue weighted by Crippen LogP contribution is -2.52. The van der Waals surface area contributed by atoms with Crippen molar-refractivity contribution in [1.29, 1.82) is 0 Å². The van der Waals surface area contributed by atoms with Gasteiger partial charge < -0.3 is 9.88 Å². The Kier molecular flexibility index (Phi) is 4.78. The number of aromatic amines is 1. The normalized spacial score (nSPS) is 25.5. The molecule has 2 saturated heterocycles. The van der Waals surface area contributed by atoms with Crippen LogP contribution in [0.25, 0.3) is 0 Å². The van der Waals surface area contributed by atoms with Crippen LogP contribution in [-0.2, 0) is 4.79 Å². The number of piperazine rings is 1. The number of nitrogens with zero attached hydrogens (tertiary/aromatic N) is 4. The van der Waals surface area contributed by atoms with Gasteiger partial charge in [0.1, 0.15) is 5.82 Å². The topological polar surface area (TPSA) is 55.5 Å². The van der Waals surface area contributed by atoms with Crippen LogP contribution in [-0.4, -0.2) is 76.9 Å². The summed E-state index contributed by atoms with van der Waals surface area (Å²) in [7, 11) is 2.10. The molecule has 3 rings (SSSR count). The van der Waals surface area contributed by atoms with Gasteiger partial charge in [0.2, 0.25) is 5.91 Å². The van der Waals surface area contributed by atoms with E-state index in [1.807, 2.05) is 11.1 Å². The largest absolute Gasteiger partial charge is 0.347 e. The van der Waals surface area contributed by atoms with Gasteiger partial charge >= 0.3 is 0 Å². The summed E-state index contributed by atoms with van der Waals surface area (Å²) < 4.78 is 0. The van der Waals surface area contributed by atoms with Crippen LogP contribution in [0.2, 0.25) is 0 Å². The second-order valence-corrected chi connectivity index (χ2v) is 6.77. The Labute approximate surface area is 132 Å². The molecule has 3 heterocycles. The molecule has 1 aromatic heterocycles. The highest BCUT2D eigenvalue weighted by molar-refractivity contribution is 5.78. The first-order valence-corrected chi connectivity index (χ1v) is 8.33. The van der Waals surface area contributed by atoms with E-state index in [0.717, 1.165) is 44.5 Å². The number of carbonyl (C=O) groups excluding carboxylic acids is 1. The smallest absolute Gasteiger partial charge is 0.236 e. The molecule has 6 nitrogen and oxygen atoms in total. The molecule has 0 saturated carbocycles. The number of nitrogens with one attached hydrogen (secondary N) is 1. The fourth-order valence-electron chi connectivity index (χ4n) is 3.37. The number of H-pyrrole nitrogens is 1. The minimum atomic E-state index is 0.175. The average molecular weight is 305 g/mol. The van der Waals surface area contributed by atoms with Crippen molar-refractivity contribution < 1.29 is 4.79 Å². The summed E-state index contributed by atoms with van der Waals surface area (Å²) in [6, 6.07) is 0.175. The van der Waals surface area contributed by atoms with Gasteiger partial charge in [0.25, 0.3) is 0 Å². The van der Waals surface area contributed by atoms with Crippen molar-refractivity contribution in [2.24, 2.45) is 5.92 Å². The van der Waals surface area contributed by atoms with E-state index in [9.17, 15) is 4.79 Å². The van der Waals surface area contributed by atoms with Crippen molar-refractivity contribution in [3.05, 3.63) is 18.2 Å². The Bertz CT molecular complexity index is 481. The quantitative estimate of drug-likeness (QED) is 0.903. The van der Waals surface area contributed by atoms with E-state index in [1.165, 1.54) is 12.8 Å². The molecule has 122 valence electrons. The molecule has 0 radical (unpaired) electrons. The van der Waals surface area contributed by atoms with E-state index in [2.05, 4.69) is 33.7 Å². The molecule has 1 N–H and O–H groups in total. The van der Waals surface area contributed by atoms with Crippen LogP contribution in [0.1, 0.15) is 31.6 Å². The number of aromatic nitrogens is 2. The maximum absolute atomic E-state index is 12.6. The predicted octanol–water partition coefficient (Wildman–Crippen LogP) is 0.957. The Morgan fingerprint density at radius 2 is 2.09 bits per heavy atom. The summed E-state index contributed by atoms with van der Waals surface area (Å²) in [5, 5.41) is 0. The van der Waals surface area contributed by atoms with E-state index in [1.54, 1.807) is 6.20 Å². The summed E-state index contributed by atoms with van der Waals surface area (Å²) in [6.45, 7) is 7.43. The van der Waals surface area contributed by atoms with Gasteiger partial charge in [-0.05, 0) is 38.9 Å². The minimum Gasteiger partial charge on any atom is -0.347 e. The second-order valence-electron chi connectivity index (χ2n) is 6.77. The highest BCUT2D eigenvalue weighted by Crippen LogP contribution is 2.22. The van der Waals surface area contributed by atoms with E-state index < -0.39 is 0 Å². The van der Waals surface area contributed by atoms with Gasteiger partial charge in [-0.15, -0.1) is 0 Å². The second kappa shape index (κ2) is 6.79. The van der Waals surface area contributed by atoms with Crippen molar-refractivity contribution in [2.75, 3.05) is 46.3 Å². The van der Waals surface area contributed by atoms with E-state index in [-0.39, 0.29) is 11.9 Å². The van der Waals surface area contributed by atoms with Crippen LogP contribution in [0, 0.1) is 5.92 Å². The molecule has 1 aromatic rings. The molecular weight excluding hydrogens is 278 g/mol. The Balaban J connectivity index is 1.56. The van der Waals surface area contributed by atoms with Gasteiger partial charge in [-0.1, -0.05) is 6.92 Å². The van der Waals surface area contributed by atoms with Crippen LogP contribution in [0.15, 0.2) is 12.4 Å². The summed E-state index contributed by atoms with van der Waals surface area (Å²) in [5.74, 6) is 2.02. The highest BCUT2D eigenvalue weighted by atomic mass is 16.2. The molecule has 1 atom stereocenters. The predicted molar refractivity (Wildman–Crippen MR) is 85.4 cm³/mol. The zero-order valence-electron chi connectivity index (χ0n) is 13.7. The molecule has 0 unspecified atom stereocenters. The average Bonchev–Trinajstić information content (AvgIpc) is 3.04. The number of likely N-dealkylation sites (N-methyl/N-ethyl adjacent to an activating group) is 1. The maximum Gasteiger partial charge on any atom is 0.236 e. The fraction of sp³-hybridized carbons (Fsp3) is 0.750. The van der Waals surface area contributed by atoms with Crippen LogP contribution >= 0.6 is 0 Å². The maximum atomic E-state index is 12.6. The molecule has 2 aliphatic rings. The Morgan fingerprint density at radius 3 is 2.77 bits per heavy atom. The zero-order chi connectivity index (χ0) is 15.5. The van der Waals surface area contributed by atoms with Crippen LogP contribution in [0.4, 0.5) is 0 Å². The first-order chi connectivity index (χ1) is 10.6. The third-order valence-electron chi connectivity index (χ3n) is 5.07. The van der Waals surface area contributed by atoms with Crippen LogP contribution in [0.5, 0.6) is 0 Å². The number of imidazole rings is 1. The highest BCUT2D eigenvalue weighted by Gasteiger charge is 2.30. The number of rotatable bonds is 3. The number of hydrogen-bond donors (Lipinski definition) is 1. The molecule has 0 bridgehead atoms. The number of piperidine rings is 1. The van der Waals surface area contributed by atoms with E-state index in [0.29, 0.717) is 6.54 Å². The molecule has 1 amide bonds. The SMILES string of the molecule is CC1CCN(CC(=O)N2CCN(C)[C@@H](c3ncc[nH]3)C2)CC1. The lowest BCUT2D eigenvalue weighted by Gasteiger charge is -2.39. The van der Waals surface area contributed by atoms with E-state index >= 15 is 0 Å². The molecule has 22 heavy (non-hydrogen) atoms. The zero-order valence-corrected chi connectivity index (χ0v) is 13.7. The summed E-state index contributed by atoms with van der Waals surface area (Å²) in [5.41, 5.74) is 0. The van der Waals surface area contributed by atoms with Gasteiger partial charge in [0, 0.05) is 32.0 Å². The molecule has 6 heteroatoms. The van der Waals surface area contributed by atoms with Crippen molar-refractivity contribution in [2.45, 2.75) is 25.8 Å². The summed E-state index contributed by atoms with van der Waals surface area (Å²) in [4.78, 5) is 26.7. The first kappa shape index (κ1) is 15.5. The van der Waals surface area contributed by atoms with E-state index in [4.69, 9.17) is 0 Å². The van der Waals surface area contributed by atoms with Crippen molar-refractivity contribution in [1.82, 2.24) is 24.7 Å². The summed E-state index contributed by atoms with van der Waals surface area (Å²) in [6.07, 6.45) is 6.05. The number of carbonyl (C=O) groups is 1. The van der Waals surface area contributed by atoms with Gasteiger partial charge in [-0.25, -0.2) is 4.98 Å². The fourth-order valence-corrected chi connectivity index (χ4v) is 3.37. The monoisotopic (exact) mass is 305 g/mol. The molecule has 0 spiro atoms. The Morgan fingerprint density at radius 1 is 1.32 bits per heavy atom. The lowest BCUT2D eigenvalue weighted by molar-refractivity contribution is -0.135. The van der Waals surface area contributed by atoms with Crippen LogP contribution < -0.4 is 0 Å². The number of hydrogen-bond acceptors (Lipinski definition) is 4. The molecule has 2 aliphatic heterocycles. The molecule has 2 fully saturated rings. The summed E-state index contributed by atoms with van der Waals surface area (Å²) >= 11 is 0. The van der Waals surface area contributed by atoms with Crippen molar-refractivity contribution >= 4 is 5.91 Å². The number of likely N-dealkylation sites (tertiary alicyclic amines) is 1. The lowest BCUT2D eigenvalue weighted by atomic mass is 9.99. The van der Waals surface area contributed by atoms with Gasteiger partial charge in [-0.2, -0.15) is 0 Å². The standard InChI is InChI=1S/C16H27N5O/c1-13-3-7-20(8-4-13)12-15(22)21-10-9-19(2)14(11-21)16-17-5-6-18-16/h5-6,13-14H,3-4,7-12H2,1-2H3,(H,17,18)/t14-/m1/s1. The van der Waals surface area contributed by atoms with Gasteiger partial charge in [0.05, 0.1) is 12.6 Å². The number of amides is 1. The van der Waals surface area contributed by atoms with Crippen molar-refractivity contribution in [3.8, 4) is 0 Å².